The first kappa shape index (κ1) is 20.2. The summed E-state index contributed by atoms with van der Waals surface area (Å²) in [5.74, 6) is 0. The first-order valence-electron chi connectivity index (χ1n) is 10.9. The predicted molar refractivity (Wildman–Crippen MR) is 130 cm³/mol. The van der Waals surface area contributed by atoms with E-state index in [-0.39, 0.29) is 18.7 Å². The molecular weight excluding hydrogens is 396 g/mol. The van der Waals surface area contributed by atoms with Gasteiger partial charge in [-0.2, -0.15) is 0 Å². The molecule has 2 heterocycles. The van der Waals surface area contributed by atoms with Crippen LogP contribution in [0.1, 0.15) is 30.1 Å². The van der Waals surface area contributed by atoms with Gasteiger partial charge in [-0.3, -0.25) is 4.98 Å². The molecule has 160 valence electrons. The van der Waals surface area contributed by atoms with Crippen LogP contribution >= 0.6 is 0 Å². The number of hydrogen-bond donors (Lipinski definition) is 4. The number of nitrogens with one attached hydrogen (secondary N) is 3. The third-order valence-corrected chi connectivity index (χ3v) is 5.91. The summed E-state index contributed by atoms with van der Waals surface area (Å²) >= 11 is 0. The third kappa shape index (κ3) is 3.96. The molecule has 5 nitrogen and oxygen atoms in total. The SMILES string of the molecule is CC1NNc2ccc(-c3cc(NC(CO)c4ccccc4)cnc3-c3ccccc3)cc21. The van der Waals surface area contributed by atoms with Crippen LogP contribution in [0.4, 0.5) is 11.4 Å². The van der Waals surface area contributed by atoms with Crippen molar-refractivity contribution in [3.8, 4) is 22.4 Å². The molecule has 2 atom stereocenters. The summed E-state index contributed by atoms with van der Waals surface area (Å²) in [7, 11) is 0. The zero-order valence-corrected chi connectivity index (χ0v) is 17.9. The van der Waals surface area contributed by atoms with E-state index in [0.717, 1.165) is 39.3 Å². The van der Waals surface area contributed by atoms with E-state index in [4.69, 9.17) is 4.98 Å². The number of pyridine rings is 1. The fourth-order valence-corrected chi connectivity index (χ4v) is 4.18. The third-order valence-electron chi connectivity index (χ3n) is 5.91. The number of aliphatic hydroxyl groups is 1. The lowest BCUT2D eigenvalue weighted by Crippen LogP contribution is -2.15. The Kier molecular flexibility index (Phi) is 5.58. The number of aliphatic hydroxyl groups excluding tert-OH is 1. The van der Waals surface area contributed by atoms with Crippen LogP contribution in [0, 0.1) is 0 Å². The second-order valence-corrected chi connectivity index (χ2v) is 8.07. The van der Waals surface area contributed by atoms with Crippen molar-refractivity contribution >= 4 is 11.4 Å². The highest BCUT2D eigenvalue weighted by atomic mass is 16.3. The molecule has 1 aliphatic heterocycles. The number of anilines is 2. The number of hydrogen-bond acceptors (Lipinski definition) is 5. The molecule has 0 saturated heterocycles. The zero-order chi connectivity index (χ0) is 21.9. The molecule has 3 aromatic carbocycles. The maximum Gasteiger partial charge on any atom is 0.0781 e. The minimum Gasteiger partial charge on any atom is -0.394 e. The maximum atomic E-state index is 10.00. The molecule has 4 aromatic rings. The number of rotatable bonds is 6. The average molecular weight is 423 g/mol. The molecule has 2 unspecified atom stereocenters. The van der Waals surface area contributed by atoms with Crippen LogP contribution in [0.3, 0.4) is 0 Å². The molecule has 0 aliphatic carbocycles. The lowest BCUT2D eigenvalue weighted by molar-refractivity contribution is 0.276. The van der Waals surface area contributed by atoms with Crippen LogP contribution in [0.2, 0.25) is 0 Å². The standard InChI is InChI=1S/C27H26N4O/c1-18-23-14-21(12-13-25(23)31-30-18)24-15-22(16-28-27(24)20-10-6-3-7-11-20)29-26(17-32)19-8-4-2-5-9-19/h2-16,18,26,29-32H,17H2,1H3. The van der Waals surface area contributed by atoms with E-state index < -0.39 is 0 Å². The highest BCUT2D eigenvalue weighted by molar-refractivity contribution is 5.84. The summed E-state index contributed by atoms with van der Waals surface area (Å²) in [6.45, 7) is 2.14. The highest BCUT2D eigenvalue weighted by Crippen LogP contribution is 2.37. The van der Waals surface area contributed by atoms with Gasteiger partial charge >= 0.3 is 0 Å². The number of hydrazine groups is 1. The summed E-state index contributed by atoms with van der Waals surface area (Å²) in [6, 6.07) is 28.8. The van der Waals surface area contributed by atoms with Crippen molar-refractivity contribution in [3.63, 3.8) is 0 Å². The van der Waals surface area contributed by atoms with Crippen LogP contribution in [-0.4, -0.2) is 16.7 Å². The first-order valence-corrected chi connectivity index (χ1v) is 10.9. The molecule has 0 radical (unpaired) electrons. The normalized spacial score (nSPS) is 15.6. The molecule has 1 aliphatic rings. The molecule has 0 amide bonds. The Labute approximate surface area is 188 Å². The van der Waals surface area contributed by atoms with Crippen molar-refractivity contribution in [2.45, 2.75) is 19.0 Å². The van der Waals surface area contributed by atoms with Gasteiger partial charge in [0.2, 0.25) is 0 Å². The van der Waals surface area contributed by atoms with Crippen molar-refractivity contribution in [2.75, 3.05) is 17.3 Å². The first-order chi connectivity index (χ1) is 15.7. The minimum atomic E-state index is -0.207. The van der Waals surface area contributed by atoms with Crippen LogP contribution in [0.5, 0.6) is 0 Å². The highest BCUT2D eigenvalue weighted by Gasteiger charge is 2.20. The van der Waals surface area contributed by atoms with Crippen LogP contribution in [0.25, 0.3) is 22.4 Å². The Morgan fingerprint density at radius 1 is 0.938 bits per heavy atom. The van der Waals surface area contributed by atoms with Crippen LogP contribution in [0.15, 0.2) is 91.1 Å². The van der Waals surface area contributed by atoms with Gasteiger partial charge in [-0.25, -0.2) is 5.43 Å². The quantitative estimate of drug-likeness (QED) is 0.328. The van der Waals surface area contributed by atoms with Gasteiger partial charge in [0.25, 0.3) is 0 Å². The molecule has 32 heavy (non-hydrogen) atoms. The van der Waals surface area contributed by atoms with Crippen molar-refractivity contribution in [2.24, 2.45) is 0 Å². The van der Waals surface area contributed by atoms with Gasteiger partial charge < -0.3 is 15.8 Å². The summed E-state index contributed by atoms with van der Waals surface area (Å²) in [5, 5.41) is 13.5. The molecular formula is C27H26N4O. The van der Waals surface area contributed by atoms with E-state index in [1.165, 1.54) is 5.56 Å². The van der Waals surface area contributed by atoms with Gasteiger partial charge in [-0.05, 0) is 41.8 Å². The topological polar surface area (TPSA) is 69.2 Å². The van der Waals surface area contributed by atoms with Gasteiger partial charge in [0.05, 0.1) is 42.0 Å². The molecule has 4 N–H and O–H groups in total. The summed E-state index contributed by atoms with van der Waals surface area (Å²) in [4.78, 5) is 4.84. The lowest BCUT2D eigenvalue weighted by atomic mass is 9.95. The monoisotopic (exact) mass is 422 g/mol. The molecule has 5 rings (SSSR count). The molecule has 0 spiro atoms. The fraction of sp³-hybridized carbons (Fsp3) is 0.148. The van der Waals surface area contributed by atoms with Crippen molar-refractivity contribution in [1.82, 2.24) is 10.4 Å². The van der Waals surface area contributed by atoms with Crippen LogP contribution < -0.4 is 16.2 Å². The number of nitrogens with zero attached hydrogens (tertiary/aromatic N) is 1. The van der Waals surface area contributed by atoms with Crippen molar-refractivity contribution in [3.05, 3.63) is 102 Å². The fourth-order valence-electron chi connectivity index (χ4n) is 4.18. The van der Waals surface area contributed by atoms with E-state index >= 15 is 0 Å². The van der Waals surface area contributed by atoms with Gasteiger partial charge in [0, 0.05) is 11.1 Å². The summed E-state index contributed by atoms with van der Waals surface area (Å²) in [6.07, 6.45) is 1.84. The number of fused-ring (bicyclic) bond motifs is 1. The van der Waals surface area contributed by atoms with Crippen molar-refractivity contribution in [1.29, 1.82) is 0 Å². The Morgan fingerprint density at radius 2 is 1.69 bits per heavy atom. The van der Waals surface area contributed by atoms with Crippen LogP contribution in [-0.2, 0) is 0 Å². The lowest BCUT2D eigenvalue weighted by Gasteiger charge is -2.20. The van der Waals surface area contributed by atoms with Gasteiger partial charge in [0.1, 0.15) is 0 Å². The molecule has 0 bridgehead atoms. The Hall–Kier alpha value is -3.67. The molecule has 0 saturated carbocycles. The Balaban J connectivity index is 1.58. The molecule has 1 aromatic heterocycles. The zero-order valence-electron chi connectivity index (χ0n) is 17.9. The van der Waals surface area contributed by atoms with E-state index in [0.29, 0.717) is 0 Å². The van der Waals surface area contributed by atoms with E-state index in [1.807, 2.05) is 54.7 Å². The van der Waals surface area contributed by atoms with Crippen molar-refractivity contribution < 1.29 is 5.11 Å². The van der Waals surface area contributed by atoms with E-state index in [1.54, 1.807) is 0 Å². The largest absolute Gasteiger partial charge is 0.394 e. The van der Waals surface area contributed by atoms with Gasteiger partial charge in [-0.15, -0.1) is 0 Å². The second kappa shape index (κ2) is 8.83. The maximum absolute atomic E-state index is 10.00. The molecule has 0 fully saturated rings. The predicted octanol–water partition coefficient (Wildman–Crippen LogP) is 5.55. The summed E-state index contributed by atoms with van der Waals surface area (Å²) < 4.78 is 0. The van der Waals surface area contributed by atoms with E-state index in [9.17, 15) is 5.11 Å². The summed E-state index contributed by atoms with van der Waals surface area (Å²) in [5.41, 5.74) is 14.9. The average Bonchev–Trinajstić information content (AvgIpc) is 3.23. The van der Waals surface area contributed by atoms with Gasteiger partial charge in [0.15, 0.2) is 0 Å². The smallest absolute Gasteiger partial charge is 0.0781 e. The Morgan fingerprint density at radius 3 is 2.44 bits per heavy atom. The second-order valence-electron chi connectivity index (χ2n) is 8.07. The van der Waals surface area contributed by atoms with Gasteiger partial charge in [-0.1, -0.05) is 66.7 Å². The minimum absolute atomic E-state index is 0.00647. The number of benzene rings is 3. The number of aromatic nitrogens is 1. The Bertz CT molecular complexity index is 1210. The van der Waals surface area contributed by atoms with E-state index in [2.05, 4.69) is 59.5 Å². The molecule has 5 heteroatoms.